The maximum Gasteiger partial charge on any atom is 0.119 e. The maximum absolute atomic E-state index is 5.75. The molecule has 1 aromatic carbocycles. The summed E-state index contributed by atoms with van der Waals surface area (Å²) in [5, 5.41) is 0. The highest BCUT2D eigenvalue weighted by atomic mass is 32.1. The van der Waals surface area contributed by atoms with Crippen LogP contribution in [0.5, 0.6) is 5.75 Å². The summed E-state index contributed by atoms with van der Waals surface area (Å²) in [6.07, 6.45) is 3.67. The van der Waals surface area contributed by atoms with Gasteiger partial charge in [0.25, 0.3) is 0 Å². The number of nitrogens with zero attached hydrogens (tertiary/aromatic N) is 1. The van der Waals surface area contributed by atoms with Crippen molar-refractivity contribution in [3.8, 4) is 5.75 Å². The molecule has 0 unspecified atom stereocenters. The SMILES string of the molecule is COCCN(CCCOc1ccc(C(N)=S)cc1)C1CC1. The van der Waals surface area contributed by atoms with Crippen molar-refractivity contribution in [1.29, 1.82) is 0 Å². The van der Waals surface area contributed by atoms with Gasteiger partial charge in [-0.05, 0) is 43.5 Å². The van der Waals surface area contributed by atoms with Gasteiger partial charge >= 0.3 is 0 Å². The monoisotopic (exact) mass is 308 g/mol. The molecule has 0 spiro atoms. The molecule has 4 nitrogen and oxygen atoms in total. The zero-order valence-corrected chi connectivity index (χ0v) is 13.4. The van der Waals surface area contributed by atoms with Gasteiger partial charge in [-0.1, -0.05) is 12.2 Å². The molecule has 0 heterocycles. The minimum Gasteiger partial charge on any atom is -0.494 e. The highest BCUT2D eigenvalue weighted by molar-refractivity contribution is 7.80. The molecular formula is C16H24N2O2S. The normalized spacial score (nSPS) is 14.4. The van der Waals surface area contributed by atoms with Crippen LogP contribution in [0.4, 0.5) is 0 Å². The van der Waals surface area contributed by atoms with Gasteiger partial charge in [-0.25, -0.2) is 0 Å². The van der Waals surface area contributed by atoms with Crippen molar-refractivity contribution in [2.45, 2.75) is 25.3 Å². The van der Waals surface area contributed by atoms with Gasteiger partial charge in [-0.3, -0.25) is 4.90 Å². The Morgan fingerprint density at radius 3 is 2.52 bits per heavy atom. The summed E-state index contributed by atoms with van der Waals surface area (Å²) >= 11 is 4.93. The molecule has 1 aliphatic rings. The van der Waals surface area contributed by atoms with Crippen LogP contribution < -0.4 is 10.5 Å². The summed E-state index contributed by atoms with van der Waals surface area (Å²) in [5.41, 5.74) is 6.44. The fourth-order valence-corrected chi connectivity index (χ4v) is 2.43. The van der Waals surface area contributed by atoms with E-state index in [1.165, 1.54) is 12.8 Å². The van der Waals surface area contributed by atoms with Crippen LogP contribution in [0.2, 0.25) is 0 Å². The highest BCUT2D eigenvalue weighted by Crippen LogP contribution is 2.26. The van der Waals surface area contributed by atoms with E-state index in [0.717, 1.165) is 50.1 Å². The van der Waals surface area contributed by atoms with Crippen LogP contribution in [-0.4, -0.2) is 49.3 Å². The molecule has 21 heavy (non-hydrogen) atoms. The van der Waals surface area contributed by atoms with Crippen molar-refractivity contribution in [3.63, 3.8) is 0 Å². The second kappa shape index (κ2) is 8.32. The fourth-order valence-electron chi connectivity index (χ4n) is 2.30. The van der Waals surface area contributed by atoms with Crippen LogP contribution >= 0.6 is 12.2 Å². The molecule has 5 heteroatoms. The summed E-state index contributed by atoms with van der Waals surface area (Å²) in [7, 11) is 1.75. The average Bonchev–Trinajstić information content (AvgIpc) is 3.31. The minimum absolute atomic E-state index is 0.416. The lowest BCUT2D eigenvalue weighted by molar-refractivity contribution is 0.138. The maximum atomic E-state index is 5.75. The third-order valence-corrected chi connectivity index (χ3v) is 3.88. The van der Waals surface area contributed by atoms with Gasteiger partial charge in [0.15, 0.2) is 0 Å². The second-order valence-electron chi connectivity index (χ2n) is 5.35. The third-order valence-electron chi connectivity index (χ3n) is 3.64. The summed E-state index contributed by atoms with van der Waals surface area (Å²) in [4.78, 5) is 2.92. The minimum atomic E-state index is 0.416. The van der Waals surface area contributed by atoms with Crippen LogP contribution in [0.3, 0.4) is 0 Å². The number of ether oxygens (including phenoxy) is 2. The van der Waals surface area contributed by atoms with Gasteiger partial charge in [-0.2, -0.15) is 0 Å². The largest absolute Gasteiger partial charge is 0.494 e. The van der Waals surface area contributed by atoms with Crippen LogP contribution in [0.1, 0.15) is 24.8 Å². The molecular weight excluding hydrogens is 284 g/mol. The van der Waals surface area contributed by atoms with E-state index < -0.39 is 0 Å². The molecule has 0 saturated heterocycles. The van der Waals surface area contributed by atoms with Crippen LogP contribution in [0, 0.1) is 0 Å². The van der Waals surface area contributed by atoms with Gasteiger partial charge in [0.2, 0.25) is 0 Å². The number of hydrogen-bond donors (Lipinski definition) is 1. The standard InChI is InChI=1S/C16H24N2O2S/c1-19-12-10-18(14-5-6-14)9-2-11-20-15-7-3-13(4-8-15)16(17)21/h3-4,7-8,14H,2,5-6,9-12H2,1H3,(H2,17,21). The number of hydrogen-bond acceptors (Lipinski definition) is 4. The topological polar surface area (TPSA) is 47.7 Å². The molecule has 0 bridgehead atoms. The number of thiocarbonyl (C=S) groups is 1. The lowest BCUT2D eigenvalue weighted by Crippen LogP contribution is -2.31. The Bertz CT molecular complexity index is 446. The summed E-state index contributed by atoms with van der Waals surface area (Å²) in [6, 6.07) is 8.39. The first kappa shape index (κ1) is 16.2. The molecule has 0 atom stereocenters. The second-order valence-corrected chi connectivity index (χ2v) is 5.79. The lowest BCUT2D eigenvalue weighted by Gasteiger charge is -2.21. The van der Waals surface area contributed by atoms with Gasteiger partial charge < -0.3 is 15.2 Å². The Balaban J connectivity index is 1.67. The number of rotatable bonds is 10. The Morgan fingerprint density at radius 1 is 1.24 bits per heavy atom. The van der Waals surface area contributed by atoms with Crippen molar-refractivity contribution in [2.75, 3.05) is 33.4 Å². The smallest absolute Gasteiger partial charge is 0.119 e. The van der Waals surface area contributed by atoms with Gasteiger partial charge in [-0.15, -0.1) is 0 Å². The molecule has 1 fully saturated rings. The molecule has 116 valence electrons. The molecule has 1 saturated carbocycles. The third kappa shape index (κ3) is 5.61. The Morgan fingerprint density at radius 2 is 1.95 bits per heavy atom. The quantitative estimate of drug-likeness (QED) is 0.530. The number of benzene rings is 1. The van der Waals surface area contributed by atoms with E-state index in [2.05, 4.69) is 4.90 Å². The summed E-state index contributed by atoms with van der Waals surface area (Å²) in [5.74, 6) is 0.866. The van der Waals surface area contributed by atoms with Gasteiger partial charge in [0, 0.05) is 31.8 Å². The number of nitrogens with two attached hydrogens (primary N) is 1. The Kier molecular flexibility index (Phi) is 6.42. The molecule has 2 N–H and O–H groups in total. The Labute approximate surface area is 132 Å². The van der Waals surface area contributed by atoms with E-state index in [4.69, 9.17) is 27.4 Å². The van der Waals surface area contributed by atoms with Crippen molar-refractivity contribution < 1.29 is 9.47 Å². The average molecular weight is 308 g/mol. The van der Waals surface area contributed by atoms with Crippen LogP contribution in [0.15, 0.2) is 24.3 Å². The predicted octanol–water partition coefficient (Wildman–Crippen LogP) is 2.20. The molecule has 0 aromatic heterocycles. The summed E-state index contributed by atoms with van der Waals surface area (Å²) < 4.78 is 10.9. The van der Waals surface area contributed by atoms with Crippen molar-refractivity contribution >= 4 is 17.2 Å². The molecule has 2 rings (SSSR count). The first-order chi connectivity index (χ1) is 10.2. The van der Waals surface area contributed by atoms with Crippen LogP contribution in [0.25, 0.3) is 0 Å². The van der Waals surface area contributed by atoms with Crippen molar-refractivity contribution in [2.24, 2.45) is 5.73 Å². The van der Waals surface area contributed by atoms with E-state index in [-0.39, 0.29) is 0 Å². The van der Waals surface area contributed by atoms with Crippen LogP contribution in [-0.2, 0) is 4.74 Å². The van der Waals surface area contributed by atoms with Crippen molar-refractivity contribution in [1.82, 2.24) is 4.90 Å². The zero-order valence-electron chi connectivity index (χ0n) is 12.6. The molecule has 1 aliphatic carbocycles. The Hall–Kier alpha value is -1.17. The zero-order chi connectivity index (χ0) is 15.1. The first-order valence-corrected chi connectivity index (χ1v) is 7.87. The molecule has 0 aliphatic heterocycles. The van der Waals surface area contributed by atoms with E-state index in [9.17, 15) is 0 Å². The number of methoxy groups -OCH3 is 1. The van der Waals surface area contributed by atoms with E-state index in [0.29, 0.717) is 4.99 Å². The van der Waals surface area contributed by atoms with E-state index in [1.54, 1.807) is 7.11 Å². The first-order valence-electron chi connectivity index (χ1n) is 7.46. The van der Waals surface area contributed by atoms with Gasteiger partial charge in [0.05, 0.1) is 13.2 Å². The lowest BCUT2D eigenvalue weighted by atomic mass is 10.2. The predicted molar refractivity (Wildman–Crippen MR) is 88.9 cm³/mol. The van der Waals surface area contributed by atoms with E-state index >= 15 is 0 Å². The fraction of sp³-hybridized carbons (Fsp3) is 0.562. The summed E-state index contributed by atoms with van der Waals surface area (Å²) in [6.45, 7) is 3.61. The molecule has 0 amide bonds. The highest BCUT2D eigenvalue weighted by Gasteiger charge is 2.27. The van der Waals surface area contributed by atoms with Crippen molar-refractivity contribution in [3.05, 3.63) is 29.8 Å². The molecule has 0 radical (unpaired) electrons. The van der Waals surface area contributed by atoms with E-state index in [1.807, 2.05) is 24.3 Å². The molecule has 1 aromatic rings. The van der Waals surface area contributed by atoms with Gasteiger partial charge in [0.1, 0.15) is 10.7 Å².